The molecule has 0 aliphatic carbocycles. The van der Waals surface area contributed by atoms with Crippen LogP contribution < -0.4 is 0 Å². The van der Waals surface area contributed by atoms with Gasteiger partial charge in [0, 0.05) is 28.7 Å². The van der Waals surface area contributed by atoms with E-state index in [9.17, 15) is 29.8 Å². The van der Waals surface area contributed by atoms with Crippen LogP contribution in [0.3, 0.4) is 0 Å². The molecule has 0 aromatic heterocycles. The van der Waals surface area contributed by atoms with Crippen molar-refractivity contribution in [2.75, 3.05) is 6.61 Å². The molecule has 10 nitrogen and oxygen atoms in total. The molecule has 2 rings (SSSR count). The van der Waals surface area contributed by atoms with Gasteiger partial charge in [-0.05, 0) is 67.4 Å². The van der Waals surface area contributed by atoms with Crippen molar-refractivity contribution in [2.45, 2.75) is 66.4 Å². The van der Waals surface area contributed by atoms with Crippen molar-refractivity contribution >= 4 is 39.2 Å². The van der Waals surface area contributed by atoms with E-state index in [1.165, 1.54) is 48.5 Å². The Labute approximate surface area is 248 Å². The fourth-order valence-electron chi connectivity index (χ4n) is 4.76. The van der Waals surface area contributed by atoms with Crippen molar-refractivity contribution in [3.63, 3.8) is 0 Å². The van der Waals surface area contributed by atoms with Gasteiger partial charge in [-0.3, -0.25) is 20.2 Å². The summed E-state index contributed by atoms with van der Waals surface area (Å²) in [5.74, 6) is -0.437. The summed E-state index contributed by atoms with van der Waals surface area (Å²) in [7, 11) is 0. The van der Waals surface area contributed by atoms with E-state index in [1.54, 1.807) is 6.92 Å². The van der Waals surface area contributed by atoms with Crippen LogP contribution in [0.15, 0.2) is 58.6 Å². The maximum Gasteiger partial charge on any atom is 0.338 e. The summed E-state index contributed by atoms with van der Waals surface area (Å²) in [5, 5.41) is 21.9. The molecule has 0 aliphatic rings. The van der Waals surface area contributed by atoms with Crippen LogP contribution in [-0.2, 0) is 9.47 Å². The number of hydrogen-bond acceptors (Lipinski definition) is 8. The van der Waals surface area contributed by atoms with Crippen molar-refractivity contribution in [1.29, 1.82) is 0 Å². The highest BCUT2D eigenvalue weighted by Crippen LogP contribution is 2.32. The summed E-state index contributed by atoms with van der Waals surface area (Å²) in [6.07, 6.45) is 3.37. The van der Waals surface area contributed by atoms with Gasteiger partial charge < -0.3 is 9.47 Å². The van der Waals surface area contributed by atoms with Crippen molar-refractivity contribution < 1.29 is 28.9 Å². The van der Waals surface area contributed by atoms with Crippen LogP contribution in [0.1, 0.15) is 81.0 Å². The highest BCUT2D eigenvalue weighted by Gasteiger charge is 2.29. The summed E-state index contributed by atoms with van der Waals surface area (Å²) in [5.41, 5.74) is 0.711. The Morgan fingerprint density at radius 1 is 0.829 bits per heavy atom. The molecule has 0 N–H and O–H groups in total. The van der Waals surface area contributed by atoms with E-state index in [0.717, 1.165) is 25.7 Å². The monoisotopic (exact) mass is 632 g/mol. The second-order valence-corrected chi connectivity index (χ2v) is 11.4. The summed E-state index contributed by atoms with van der Waals surface area (Å²) in [6.45, 7) is 10.2. The van der Waals surface area contributed by atoms with Crippen molar-refractivity contribution in [3.8, 4) is 0 Å². The highest BCUT2D eigenvalue weighted by atomic mass is 79.9. The Morgan fingerprint density at radius 2 is 1.32 bits per heavy atom. The third kappa shape index (κ3) is 10.4. The molecule has 0 saturated heterocycles. The Balaban J connectivity index is 2.23. The van der Waals surface area contributed by atoms with Crippen molar-refractivity contribution in [2.24, 2.45) is 17.8 Å². The van der Waals surface area contributed by atoms with Gasteiger partial charge in [-0.1, -0.05) is 56.5 Å². The summed E-state index contributed by atoms with van der Waals surface area (Å²) < 4.78 is 11.9. The van der Waals surface area contributed by atoms with Crippen molar-refractivity contribution in [3.05, 3.63) is 89.9 Å². The molecule has 0 aliphatic heterocycles. The maximum atomic E-state index is 13.1. The molecule has 0 fully saturated rings. The van der Waals surface area contributed by atoms with Gasteiger partial charge in [0.15, 0.2) is 0 Å². The van der Waals surface area contributed by atoms with Gasteiger partial charge in [0.05, 0.1) is 21.0 Å². The molecular formula is C30H37BrN2O8. The summed E-state index contributed by atoms with van der Waals surface area (Å²) in [6, 6.07) is 10.3. The molecule has 0 amide bonds. The first-order valence-electron chi connectivity index (χ1n) is 13.6. The molecule has 0 bridgehead atoms. The van der Waals surface area contributed by atoms with Gasteiger partial charge in [-0.15, -0.1) is 0 Å². The Morgan fingerprint density at radius 3 is 1.78 bits per heavy atom. The number of carbonyl (C=O) groups is 2. The zero-order valence-corrected chi connectivity index (χ0v) is 25.6. The van der Waals surface area contributed by atoms with E-state index in [0.29, 0.717) is 21.9 Å². The van der Waals surface area contributed by atoms with E-state index in [1.807, 2.05) is 6.92 Å². The van der Waals surface area contributed by atoms with Crippen LogP contribution in [0.5, 0.6) is 0 Å². The Kier molecular flexibility index (Phi) is 13.1. The first kappa shape index (κ1) is 33.6. The molecule has 11 heteroatoms. The van der Waals surface area contributed by atoms with Crippen LogP contribution in [0.2, 0.25) is 0 Å². The number of esters is 2. The van der Waals surface area contributed by atoms with E-state index >= 15 is 0 Å². The Hall–Kier alpha value is -3.60. The predicted molar refractivity (Wildman–Crippen MR) is 159 cm³/mol. The van der Waals surface area contributed by atoms with Gasteiger partial charge in [-0.25, -0.2) is 9.59 Å². The molecule has 0 unspecified atom stereocenters. The number of nitro groups is 2. The Bertz CT molecular complexity index is 1240. The van der Waals surface area contributed by atoms with Crippen LogP contribution in [0, 0.1) is 38.0 Å². The number of carbonyl (C=O) groups excluding carboxylic acids is 2. The van der Waals surface area contributed by atoms with Crippen LogP contribution >= 0.6 is 15.9 Å². The number of halogens is 1. The second-order valence-electron chi connectivity index (χ2n) is 10.6. The number of hydrogen-bond donors (Lipinski definition) is 0. The summed E-state index contributed by atoms with van der Waals surface area (Å²) in [4.78, 5) is 46.4. The second kappa shape index (κ2) is 16.0. The molecule has 0 saturated carbocycles. The topological polar surface area (TPSA) is 139 Å². The highest BCUT2D eigenvalue weighted by molar-refractivity contribution is 9.11. The largest absolute Gasteiger partial charge is 0.458 e. The lowest BCUT2D eigenvalue weighted by atomic mass is 9.85. The molecule has 0 radical (unpaired) electrons. The minimum Gasteiger partial charge on any atom is -0.458 e. The number of rotatable bonds is 15. The normalized spacial score (nSPS) is 14.7. The van der Waals surface area contributed by atoms with Gasteiger partial charge in [0.25, 0.3) is 11.4 Å². The number of ether oxygens (including phenoxy) is 2. The summed E-state index contributed by atoms with van der Waals surface area (Å²) >= 11 is 3.59. The van der Waals surface area contributed by atoms with E-state index < -0.39 is 27.9 Å². The lowest BCUT2D eigenvalue weighted by molar-refractivity contribution is -0.385. The molecule has 2 aromatic carbocycles. The average Bonchev–Trinajstić information content (AvgIpc) is 2.93. The first-order chi connectivity index (χ1) is 19.3. The first-order valence-corrected chi connectivity index (χ1v) is 14.3. The molecule has 41 heavy (non-hydrogen) atoms. The van der Waals surface area contributed by atoms with Crippen LogP contribution in [-0.4, -0.2) is 34.5 Å². The molecule has 4 atom stereocenters. The predicted octanol–water partition coefficient (Wildman–Crippen LogP) is 8.04. The molecule has 2 aromatic rings. The lowest BCUT2D eigenvalue weighted by Gasteiger charge is -2.28. The molecule has 222 valence electrons. The zero-order chi connectivity index (χ0) is 30.7. The zero-order valence-electron chi connectivity index (χ0n) is 24.0. The standard InChI is InChI=1S/C30H37BrN2O8/c1-6-7-19(2)16-20(3)17-21(4)28(41-30(35)24-10-14-26(15-11-24)33(38)39)27(31)22(5)18-40-29(34)23-8-12-25(13-9-23)32(36)37/h8-15,19-21,28H,6-7,16-18H2,1-5H3/b27-22+/t19-,20-,21-,28+/m1/s1. The minimum absolute atomic E-state index is 0.0994. The smallest absolute Gasteiger partial charge is 0.338 e. The van der Waals surface area contributed by atoms with E-state index in [4.69, 9.17) is 9.47 Å². The third-order valence-electron chi connectivity index (χ3n) is 6.82. The average molecular weight is 634 g/mol. The van der Waals surface area contributed by atoms with Crippen molar-refractivity contribution in [1.82, 2.24) is 0 Å². The molecule has 0 heterocycles. The van der Waals surface area contributed by atoms with E-state index in [2.05, 4.69) is 36.7 Å². The quantitative estimate of drug-likeness (QED) is 0.109. The fraction of sp³-hybridized carbons (Fsp3) is 0.467. The van der Waals surface area contributed by atoms with Gasteiger partial charge in [-0.2, -0.15) is 0 Å². The number of benzene rings is 2. The van der Waals surface area contributed by atoms with Gasteiger partial charge in [0.1, 0.15) is 12.7 Å². The third-order valence-corrected chi connectivity index (χ3v) is 7.94. The van der Waals surface area contributed by atoms with Gasteiger partial charge in [0.2, 0.25) is 0 Å². The minimum atomic E-state index is -0.695. The maximum absolute atomic E-state index is 13.1. The van der Waals surface area contributed by atoms with Gasteiger partial charge >= 0.3 is 11.9 Å². The molecule has 0 spiro atoms. The SMILES string of the molecule is CCC[C@@H](C)C[C@@H](C)C[C@@H](C)[C@H](OC(=O)c1ccc([N+](=O)[O-])cc1)/C(Br)=C(/C)COC(=O)c1ccc([N+](=O)[O-])cc1. The van der Waals surface area contributed by atoms with Crippen LogP contribution in [0.4, 0.5) is 11.4 Å². The number of non-ortho nitro benzene ring substituents is 2. The van der Waals surface area contributed by atoms with Crippen LogP contribution in [0.25, 0.3) is 0 Å². The molecular weight excluding hydrogens is 596 g/mol. The van der Waals surface area contributed by atoms with E-state index in [-0.39, 0.29) is 35.0 Å². The lowest BCUT2D eigenvalue weighted by Crippen LogP contribution is -2.28. The number of nitrogens with zero attached hydrogens (tertiary/aromatic N) is 2. The number of nitro benzene ring substituents is 2. The fourth-order valence-corrected chi connectivity index (χ4v) is 5.42.